The van der Waals surface area contributed by atoms with E-state index in [2.05, 4.69) is 127 Å². The van der Waals surface area contributed by atoms with Gasteiger partial charge in [0.15, 0.2) is 34.7 Å². The minimum Gasteiger partial charge on any atom is -0.512 e. The maximum Gasteiger partial charge on any atom is 0.212 e. The molecule has 6 N–H and O–H groups in total. The second kappa shape index (κ2) is 52.3. The van der Waals surface area contributed by atoms with Gasteiger partial charge >= 0.3 is 0 Å². The first-order valence-electron chi connectivity index (χ1n) is 34.1. The van der Waals surface area contributed by atoms with Gasteiger partial charge in [-0.3, -0.25) is 80.1 Å². The normalized spacial score (nSPS) is 10.9. The molecule has 0 atom stereocenters. The number of aliphatic hydroxyl groups excluding tert-OH is 6. The van der Waals surface area contributed by atoms with Crippen LogP contribution >= 0.6 is 0 Å². The summed E-state index contributed by atoms with van der Waals surface area (Å²) in [6.07, 6.45) is 12.4. The molecule has 0 amide bonds. The zero-order chi connectivity index (χ0) is 80.8. The molecule has 0 fully saturated rings. The molecule has 0 aliphatic heterocycles. The van der Waals surface area contributed by atoms with E-state index in [-0.39, 0.29) is 190 Å². The third-order valence-electron chi connectivity index (χ3n) is 14.4. The summed E-state index contributed by atoms with van der Waals surface area (Å²) in [5.74, 6) is 1.34. The smallest absolute Gasteiger partial charge is 0.212 e. The maximum absolute atomic E-state index is 10.0. The Bertz CT molecular complexity index is 5730. The Morgan fingerprint density at radius 2 is 0.581 bits per heavy atom. The summed E-state index contributed by atoms with van der Waals surface area (Å²) in [6, 6.07) is 72.1. The largest absolute Gasteiger partial charge is 0.512 e. The van der Waals surface area contributed by atoms with Gasteiger partial charge in [-0.1, -0.05) is 84.9 Å². The molecule has 6 radical (unpaired) electrons. The van der Waals surface area contributed by atoms with Crippen LogP contribution in [0.5, 0.6) is 0 Å². The molecule has 0 saturated carbocycles. The van der Waals surface area contributed by atoms with Crippen LogP contribution in [0.4, 0.5) is 0 Å². The topological polar surface area (TPSA) is 341 Å². The summed E-state index contributed by atoms with van der Waals surface area (Å²) >= 11 is 0. The minimum atomic E-state index is -0.125. The van der Waals surface area contributed by atoms with Gasteiger partial charge in [-0.15, -0.1) is 0 Å². The number of allylic oxidation sites excluding steroid dienone is 12. The Morgan fingerprint density at radius 1 is 0.291 bits per heavy atom. The molecule has 618 valence electrons. The van der Waals surface area contributed by atoms with Gasteiger partial charge in [0.05, 0.1) is 50.7 Å². The minimum absolute atomic E-state index is 0. The molecule has 21 nitrogen and oxygen atoms in total. The van der Waals surface area contributed by atoms with Crippen molar-refractivity contribution in [3.63, 3.8) is 0 Å². The van der Waals surface area contributed by atoms with Crippen LogP contribution in [0, 0.1) is 36.4 Å². The first-order chi connectivity index (χ1) is 52.9. The predicted octanol–water partition coefficient (Wildman–Crippen LogP) is 20.6. The molecule has 0 spiro atoms. The Hall–Kier alpha value is -10.4. The van der Waals surface area contributed by atoms with Gasteiger partial charge < -0.3 is 58.8 Å². The Balaban J connectivity index is 0.000000696. The van der Waals surface area contributed by atoms with E-state index >= 15 is 0 Å². The molecular weight excluding hydrogens is 2560 g/mol. The fourth-order valence-corrected chi connectivity index (χ4v) is 10.4. The van der Waals surface area contributed by atoms with Crippen molar-refractivity contribution >= 4 is 133 Å². The van der Waals surface area contributed by atoms with Gasteiger partial charge in [0.25, 0.3) is 0 Å². The number of hydrogen-bond acceptors (Lipinski definition) is 21. The molecule has 15 rings (SSSR count). The van der Waals surface area contributed by atoms with Gasteiger partial charge in [-0.2, -0.15) is 0 Å². The van der Waals surface area contributed by atoms with Crippen LogP contribution in [0.25, 0.3) is 133 Å². The van der Waals surface area contributed by atoms with Crippen LogP contribution in [0.1, 0.15) is 83.1 Å². The summed E-state index contributed by atoms with van der Waals surface area (Å²) < 4.78 is 17.9. The number of carbonyl (C=O) groups is 6. The second-order valence-electron chi connectivity index (χ2n) is 24.5. The zero-order valence-electron chi connectivity index (χ0n) is 64.8. The summed E-state index contributed by atoms with van der Waals surface area (Å²) in [6.45, 7) is 17.1. The molecule has 117 heavy (non-hydrogen) atoms. The monoisotopic (exact) mass is 2640 g/mol. The van der Waals surface area contributed by atoms with Crippen LogP contribution < -0.4 is 0 Å². The van der Waals surface area contributed by atoms with Crippen molar-refractivity contribution < 1.29 is 193 Å². The van der Waals surface area contributed by atoms with Crippen molar-refractivity contribution in [3.05, 3.63) is 290 Å². The van der Waals surface area contributed by atoms with E-state index in [4.69, 9.17) is 43.9 Å². The number of aliphatic hydroxyl groups is 6. The first kappa shape index (κ1) is 105. The van der Waals surface area contributed by atoms with Crippen LogP contribution in [0.2, 0.25) is 0 Å². The van der Waals surface area contributed by atoms with Gasteiger partial charge in [0.2, 0.25) is 17.1 Å². The van der Waals surface area contributed by atoms with Crippen LogP contribution in [0.15, 0.2) is 267 Å². The Labute approximate surface area is 756 Å². The molecule has 0 bridgehead atoms. The number of aromatic nitrogens is 6. The SMILES string of the molecule is CC(=O)C=C(C)O.CC(=O)C=C(C)O.CC(=O)C=C(C)O.CC(=O)C=C(C)O.CC(=O)C=C(C)O.CC(=O)C=C(C)O.[Ir].[Ir].[Ir].[Ir].[Ir].[Ir].[c-]1ccc[c-]c1-c1ncc2c(n1)oc1c3ccccc3ccc21.[c-]1ccc[c-]c1-c1ncc2c(n1)oc1cc3ccccc3cc12.[c-]1ccc[c-]c1-c1ncc2c(n1)oc1ccc3ccccc3c12. The molecule has 6 aromatic heterocycles. The van der Waals surface area contributed by atoms with Crippen LogP contribution in [0.3, 0.4) is 0 Å². The van der Waals surface area contributed by atoms with E-state index in [9.17, 15) is 28.8 Å². The third kappa shape index (κ3) is 33.6. The van der Waals surface area contributed by atoms with E-state index in [0.29, 0.717) is 34.6 Å². The van der Waals surface area contributed by atoms with Gasteiger partial charge in [-0.05, 0) is 152 Å². The summed E-state index contributed by atoms with van der Waals surface area (Å²) in [7, 11) is 0. The quantitative estimate of drug-likeness (QED) is 0.0444. The number of ketones is 6. The standard InChI is InChI=1S/3C20H10N2O.6C5H8O2.6Ir/c1-2-7-14(8-3-1)19-21-12-16-18-15-9-5-4-6-13(15)10-11-17(18)23-20(16)22-19;1-2-7-14(8-3-1)19-21-12-17-16-11-10-13-6-4-5-9-15(13)18(16)23-20(17)22-19;1-2-6-13(7-3-1)19-21-12-17-16-10-14-8-4-5-9-15(14)11-18(16)23-20(17)22-19;6*1-4(6)3-5(2)7;;;;;;/h2*1-6,9-12H;1-5,8-12H;6*3,6H,1-2H3;;;;;;/q3*-2;;;;;;;;;;;;. The number of nitrogens with zero attached hydrogens (tertiary/aromatic N) is 6. The number of hydrogen-bond donors (Lipinski definition) is 6. The van der Waals surface area contributed by atoms with Crippen molar-refractivity contribution in [1.29, 1.82) is 0 Å². The average molecular weight is 2640 g/mol. The van der Waals surface area contributed by atoms with Crippen molar-refractivity contribution in [1.82, 2.24) is 29.9 Å². The second-order valence-corrected chi connectivity index (χ2v) is 24.5. The molecule has 15 aromatic rings. The summed E-state index contributed by atoms with van der Waals surface area (Å²) in [5, 5.41) is 63.0. The molecule has 0 aliphatic rings. The van der Waals surface area contributed by atoms with Crippen molar-refractivity contribution in [3.8, 4) is 34.2 Å². The molecule has 9 aromatic carbocycles. The van der Waals surface area contributed by atoms with Gasteiger partial charge in [0, 0.05) is 197 Å². The maximum atomic E-state index is 10.0. The summed E-state index contributed by atoms with van der Waals surface area (Å²) in [5.41, 5.74) is 6.48. The fourth-order valence-electron chi connectivity index (χ4n) is 10.4. The van der Waals surface area contributed by atoms with E-state index in [1.165, 1.54) is 130 Å². The number of furan rings is 3. The Morgan fingerprint density at radius 3 is 0.940 bits per heavy atom. The molecule has 0 saturated heterocycles. The van der Waals surface area contributed by atoms with Crippen LogP contribution in [-0.4, -0.2) is 95.2 Å². The fraction of sp³-hybridized carbons (Fsp3) is 0.133. The molecule has 0 aliphatic carbocycles. The van der Waals surface area contributed by atoms with E-state index in [0.717, 1.165) is 87.3 Å². The molecular formula is C90H78Ir6N6O15-6. The predicted molar refractivity (Wildman–Crippen MR) is 432 cm³/mol. The van der Waals surface area contributed by atoms with Gasteiger partial charge in [-0.25, -0.2) is 71.3 Å². The molecule has 6 heterocycles. The van der Waals surface area contributed by atoms with Gasteiger partial charge in [0.1, 0.15) is 16.7 Å². The third-order valence-corrected chi connectivity index (χ3v) is 14.4. The average Bonchev–Trinajstić information content (AvgIpc) is 1.63. The van der Waals surface area contributed by atoms with Crippen molar-refractivity contribution in [2.75, 3.05) is 0 Å². The van der Waals surface area contributed by atoms with E-state index in [1.807, 2.05) is 122 Å². The zero-order valence-corrected chi connectivity index (χ0v) is 79.2. The van der Waals surface area contributed by atoms with Crippen LogP contribution in [-0.2, 0) is 149 Å². The number of rotatable bonds is 9. The number of benzene rings is 9. The first-order valence-corrected chi connectivity index (χ1v) is 34.1. The molecule has 0 unspecified atom stereocenters. The van der Waals surface area contributed by atoms with E-state index < -0.39 is 0 Å². The van der Waals surface area contributed by atoms with E-state index in [1.54, 1.807) is 0 Å². The molecule has 27 heteroatoms. The van der Waals surface area contributed by atoms with Crippen molar-refractivity contribution in [2.45, 2.75) is 83.1 Å². The number of carbonyl (C=O) groups excluding carboxylic acids is 6. The number of fused-ring (bicyclic) bond motifs is 14. The Kier molecular flexibility index (Phi) is 46.7. The van der Waals surface area contributed by atoms with Crippen molar-refractivity contribution in [2.24, 2.45) is 0 Å². The summed E-state index contributed by atoms with van der Waals surface area (Å²) in [4.78, 5) is 87.1.